The summed E-state index contributed by atoms with van der Waals surface area (Å²) in [7, 11) is 0. The van der Waals surface area contributed by atoms with Crippen LogP contribution in [0.25, 0.3) is 10.9 Å². The lowest BCUT2D eigenvalue weighted by molar-refractivity contribution is 0.0524. The maximum absolute atomic E-state index is 12.7. The fraction of sp³-hybridized carbons (Fsp3) is 0.304. The topological polar surface area (TPSA) is 62.7 Å². The summed E-state index contributed by atoms with van der Waals surface area (Å²) in [5, 5.41) is 10.9. The average Bonchev–Trinajstić information content (AvgIpc) is 2.68. The van der Waals surface area contributed by atoms with Gasteiger partial charge in [-0.05, 0) is 44.5 Å². The van der Waals surface area contributed by atoms with Crippen molar-refractivity contribution in [2.24, 2.45) is 0 Å². The van der Waals surface area contributed by atoms with Gasteiger partial charge in [-0.25, -0.2) is 4.79 Å². The van der Waals surface area contributed by atoms with Crippen molar-refractivity contribution in [3.8, 4) is 0 Å². The number of aryl methyl sites for hydroxylation is 1. The van der Waals surface area contributed by atoms with Crippen LogP contribution in [0.5, 0.6) is 0 Å². The molecule has 0 aliphatic carbocycles. The van der Waals surface area contributed by atoms with Crippen LogP contribution in [0.2, 0.25) is 0 Å². The molecule has 28 heavy (non-hydrogen) atoms. The third kappa shape index (κ3) is 4.31. The highest BCUT2D eigenvalue weighted by molar-refractivity contribution is 5.98. The molecule has 0 bridgehead atoms. The zero-order valence-corrected chi connectivity index (χ0v) is 16.6. The Morgan fingerprint density at radius 3 is 2.50 bits per heavy atom. The van der Waals surface area contributed by atoms with Gasteiger partial charge in [-0.15, -0.1) is 0 Å². The molecule has 0 saturated heterocycles. The molecule has 3 aromatic rings. The van der Waals surface area contributed by atoms with Crippen molar-refractivity contribution in [1.82, 2.24) is 4.98 Å². The summed E-state index contributed by atoms with van der Waals surface area (Å²) in [6, 6.07) is 17.6. The molecule has 0 radical (unpaired) electrons. The minimum atomic E-state index is -0.521. The number of aliphatic hydroxyl groups excluding tert-OH is 1. The van der Waals surface area contributed by atoms with E-state index in [1.165, 1.54) is 0 Å². The lowest BCUT2D eigenvalue weighted by atomic mass is 10.0. The van der Waals surface area contributed by atoms with E-state index in [2.05, 4.69) is 0 Å². The maximum atomic E-state index is 12.7. The molecule has 0 aliphatic rings. The van der Waals surface area contributed by atoms with Crippen LogP contribution in [0.15, 0.2) is 54.6 Å². The van der Waals surface area contributed by atoms with Crippen molar-refractivity contribution in [3.63, 3.8) is 0 Å². The Hall–Kier alpha value is -2.92. The Morgan fingerprint density at radius 1 is 1.14 bits per heavy atom. The number of anilines is 1. The summed E-state index contributed by atoms with van der Waals surface area (Å²) in [5.74, 6) is -0.363. The van der Waals surface area contributed by atoms with Crippen LogP contribution < -0.4 is 4.90 Å². The van der Waals surface area contributed by atoms with Crippen molar-refractivity contribution in [2.45, 2.75) is 33.4 Å². The van der Waals surface area contributed by atoms with Crippen molar-refractivity contribution in [3.05, 3.63) is 71.4 Å². The van der Waals surface area contributed by atoms with Gasteiger partial charge in [0.15, 0.2) is 0 Å². The number of fused-ring (bicyclic) bond motifs is 1. The number of carbonyl (C=O) groups excluding carboxylic acids is 1. The molecule has 5 nitrogen and oxygen atoms in total. The average molecular weight is 378 g/mol. The molecule has 3 rings (SSSR count). The smallest absolute Gasteiger partial charge is 0.340 e. The number of aromatic nitrogens is 1. The van der Waals surface area contributed by atoms with Crippen molar-refractivity contribution >= 4 is 22.6 Å². The summed E-state index contributed by atoms with van der Waals surface area (Å²) in [5.41, 5.74) is 3.83. The standard InChI is InChI=1S/C23H26N2O3/c1-4-28-23(27)22-17(3)19-12-8-9-13-20(19)24-21(22)15-25(14-16(2)26)18-10-6-5-7-11-18/h5-13,16,26H,4,14-15H2,1-3H3. The van der Waals surface area contributed by atoms with Crippen molar-refractivity contribution in [2.75, 3.05) is 18.1 Å². The molecule has 1 atom stereocenters. The van der Waals surface area contributed by atoms with Crippen molar-refractivity contribution < 1.29 is 14.6 Å². The minimum absolute atomic E-state index is 0.306. The van der Waals surface area contributed by atoms with Crippen molar-refractivity contribution in [1.29, 1.82) is 0 Å². The number of aliphatic hydroxyl groups is 1. The van der Waals surface area contributed by atoms with E-state index in [9.17, 15) is 9.90 Å². The Morgan fingerprint density at radius 2 is 1.82 bits per heavy atom. The molecule has 1 aromatic heterocycles. The zero-order chi connectivity index (χ0) is 20.1. The van der Waals surface area contributed by atoms with Gasteiger partial charge >= 0.3 is 5.97 Å². The van der Waals surface area contributed by atoms with Crippen LogP contribution in [0, 0.1) is 6.92 Å². The fourth-order valence-corrected chi connectivity index (χ4v) is 3.43. The van der Waals surface area contributed by atoms with E-state index < -0.39 is 6.10 Å². The zero-order valence-electron chi connectivity index (χ0n) is 16.6. The van der Waals surface area contributed by atoms with E-state index in [0.717, 1.165) is 22.2 Å². The lowest BCUT2D eigenvalue weighted by Gasteiger charge is -2.27. The highest BCUT2D eigenvalue weighted by Gasteiger charge is 2.22. The maximum Gasteiger partial charge on any atom is 0.340 e. The van der Waals surface area contributed by atoms with Gasteiger partial charge in [0.2, 0.25) is 0 Å². The van der Waals surface area contributed by atoms with E-state index in [1.807, 2.05) is 66.4 Å². The number of nitrogens with zero attached hydrogens (tertiary/aromatic N) is 2. The molecule has 146 valence electrons. The molecule has 0 fully saturated rings. The van der Waals surface area contributed by atoms with Crippen LogP contribution in [0.4, 0.5) is 5.69 Å². The Bertz CT molecular complexity index is 955. The highest BCUT2D eigenvalue weighted by atomic mass is 16.5. The molecule has 1 N–H and O–H groups in total. The summed E-state index contributed by atoms with van der Waals surface area (Å²) >= 11 is 0. The van der Waals surface area contributed by atoms with Gasteiger partial charge in [0.1, 0.15) is 0 Å². The summed E-state index contributed by atoms with van der Waals surface area (Å²) in [6.07, 6.45) is -0.521. The first kappa shape index (κ1) is 19.8. The van der Waals surface area contributed by atoms with Gasteiger partial charge in [-0.1, -0.05) is 36.4 Å². The SMILES string of the molecule is CCOC(=O)c1c(CN(CC(C)O)c2ccccc2)nc2ccccc2c1C. The van der Waals surface area contributed by atoms with E-state index in [0.29, 0.717) is 31.0 Å². The minimum Gasteiger partial charge on any atom is -0.462 e. The normalized spacial score (nSPS) is 12.0. The van der Waals surface area contributed by atoms with Gasteiger partial charge in [-0.3, -0.25) is 4.98 Å². The molecule has 1 unspecified atom stereocenters. The number of hydrogen-bond donors (Lipinski definition) is 1. The summed E-state index contributed by atoms with van der Waals surface area (Å²) in [4.78, 5) is 19.6. The first-order valence-electron chi connectivity index (χ1n) is 9.54. The number of benzene rings is 2. The molecule has 2 aromatic carbocycles. The van der Waals surface area contributed by atoms with E-state index in [-0.39, 0.29) is 5.97 Å². The van der Waals surface area contributed by atoms with E-state index in [4.69, 9.17) is 9.72 Å². The van der Waals surface area contributed by atoms with E-state index in [1.54, 1.807) is 13.8 Å². The Labute approximate surface area is 165 Å². The second-order valence-corrected chi connectivity index (χ2v) is 6.86. The monoisotopic (exact) mass is 378 g/mol. The molecule has 0 saturated carbocycles. The number of carbonyl (C=O) groups is 1. The molecule has 0 aliphatic heterocycles. The molecular weight excluding hydrogens is 352 g/mol. The quantitative estimate of drug-likeness (QED) is 0.627. The van der Waals surface area contributed by atoms with Crippen LogP contribution in [-0.2, 0) is 11.3 Å². The highest BCUT2D eigenvalue weighted by Crippen LogP contribution is 2.26. The van der Waals surface area contributed by atoms with Gasteiger partial charge in [0, 0.05) is 17.6 Å². The van der Waals surface area contributed by atoms with Gasteiger partial charge < -0.3 is 14.7 Å². The third-order valence-corrected chi connectivity index (χ3v) is 4.65. The van der Waals surface area contributed by atoms with Gasteiger partial charge in [0.05, 0.1) is 36.0 Å². The summed E-state index contributed by atoms with van der Waals surface area (Å²) < 4.78 is 5.32. The first-order valence-corrected chi connectivity index (χ1v) is 9.54. The number of hydrogen-bond acceptors (Lipinski definition) is 5. The molecular formula is C23H26N2O3. The second kappa shape index (κ2) is 8.85. The number of rotatable bonds is 7. The van der Waals surface area contributed by atoms with E-state index >= 15 is 0 Å². The number of ether oxygens (including phenoxy) is 1. The summed E-state index contributed by atoms with van der Waals surface area (Å²) in [6.45, 7) is 6.61. The van der Waals surface area contributed by atoms with Crippen LogP contribution >= 0.6 is 0 Å². The van der Waals surface area contributed by atoms with Gasteiger partial charge in [-0.2, -0.15) is 0 Å². The van der Waals surface area contributed by atoms with Crippen LogP contribution in [0.3, 0.4) is 0 Å². The van der Waals surface area contributed by atoms with Gasteiger partial charge in [0.25, 0.3) is 0 Å². The lowest BCUT2D eigenvalue weighted by Crippen LogP contribution is -2.32. The molecule has 0 spiro atoms. The van der Waals surface area contributed by atoms with Crippen LogP contribution in [-0.4, -0.2) is 35.3 Å². The largest absolute Gasteiger partial charge is 0.462 e. The fourth-order valence-electron chi connectivity index (χ4n) is 3.43. The number of para-hydroxylation sites is 2. The third-order valence-electron chi connectivity index (χ3n) is 4.65. The molecule has 5 heteroatoms. The second-order valence-electron chi connectivity index (χ2n) is 6.86. The predicted molar refractivity (Wildman–Crippen MR) is 112 cm³/mol. The van der Waals surface area contributed by atoms with Crippen LogP contribution in [0.1, 0.15) is 35.5 Å². The number of pyridine rings is 1. The molecule has 0 amide bonds. The number of esters is 1. The Kier molecular flexibility index (Phi) is 6.26. The molecule has 1 heterocycles. The predicted octanol–water partition coefficient (Wildman–Crippen LogP) is 4.11. The first-order chi connectivity index (χ1) is 13.5. The Balaban J connectivity index is 2.11.